The minimum atomic E-state index is -3.62. The molecule has 0 heterocycles. The summed E-state index contributed by atoms with van der Waals surface area (Å²) in [6, 6.07) is 6.14. The Morgan fingerprint density at radius 2 is 2.06 bits per heavy atom. The van der Waals surface area contributed by atoms with Crippen LogP contribution in [0.1, 0.15) is 25.8 Å². The molecule has 6 heteroatoms. The van der Waals surface area contributed by atoms with Gasteiger partial charge in [-0.05, 0) is 24.6 Å². The van der Waals surface area contributed by atoms with Gasteiger partial charge in [-0.25, -0.2) is 8.42 Å². The second-order valence-corrected chi connectivity index (χ2v) is 5.77. The van der Waals surface area contributed by atoms with Crippen molar-refractivity contribution in [2.24, 2.45) is 0 Å². The van der Waals surface area contributed by atoms with Crippen molar-refractivity contribution in [1.29, 1.82) is 5.26 Å². The first-order chi connectivity index (χ1) is 8.47. The maximum Gasteiger partial charge on any atom is 0.244 e. The number of hydrogen-bond donors (Lipinski definition) is 1. The first kappa shape index (κ1) is 14.5. The van der Waals surface area contributed by atoms with Crippen LogP contribution in [0.25, 0.3) is 0 Å². The summed E-state index contributed by atoms with van der Waals surface area (Å²) in [6.07, 6.45) is 0.726. The predicted octanol–water partition coefficient (Wildman–Crippen LogP) is 1.56. The highest BCUT2D eigenvalue weighted by Crippen LogP contribution is 2.22. The molecule has 0 fully saturated rings. The smallest absolute Gasteiger partial charge is 0.244 e. The number of benzene rings is 1. The van der Waals surface area contributed by atoms with E-state index in [-0.39, 0.29) is 10.5 Å². The van der Waals surface area contributed by atoms with Crippen LogP contribution >= 0.6 is 0 Å². The van der Waals surface area contributed by atoms with Crippen molar-refractivity contribution in [3.63, 3.8) is 0 Å². The minimum absolute atomic E-state index is 0.0227. The fraction of sp³-hybridized carbons (Fsp3) is 0.417. The third kappa shape index (κ3) is 2.81. The third-order valence-electron chi connectivity index (χ3n) is 2.57. The zero-order valence-corrected chi connectivity index (χ0v) is 11.4. The first-order valence-electron chi connectivity index (χ1n) is 5.77. The number of hydrogen-bond acceptors (Lipinski definition) is 4. The summed E-state index contributed by atoms with van der Waals surface area (Å²) < 4.78 is 26.1. The largest absolute Gasteiger partial charge is 0.399 e. The summed E-state index contributed by atoms with van der Waals surface area (Å²) >= 11 is 0. The normalized spacial score (nSPS) is 11.4. The SMILES string of the molecule is CCCN(CC)S(=O)(=O)c1ccc(N)cc1C#N. The average Bonchev–Trinajstić information content (AvgIpc) is 2.35. The molecule has 0 aromatic heterocycles. The van der Waals surface area contributed by atoms with E-state index in [9.17, 15) is 8.42 Å². The second-order valence-electron chi connectivity index (χ2n) is 3.86. The number of nitriles is 1. The third-order valence-corrected chi connectivity index (χ3v) is 4.60. The number of nitrogen functional groups attached to an aromatic ring is 1. The molecule has 0 aliphatic rings. The van der Waals surface area contributed by atoms with Crippen molar-refractivity contribution >= 4 is 15.7 Å². The van der Waals surface area contributed by atoms with E-state index in [1.807, 2.05) is 13.0 Å². The molecule has 1 rings (SSSR count). The number of sulfonamides is 1. The average molecular weight is 267 g/mol. The van der Waals surface area contributed by atoms with E-state index in [1.165, 1.54) is 22.5 Å². The van der Waals surface area contributed by atoms with Crippen LogP contribution in [0.5, 0.6) is 0 Å². The van der Waals surface area contributed by atoms with E-state index in [1.54, 1.807) is 6.92 Å². The quantitative estimate of drug-likeness (QED) is 0.820. The van der Waals surface area contributed by atoms with Gasteiger partial charge in [0.15, 0.2) is 0 Å². The molecule has 0 spiro atoms. The highest BCUT2D eigenvalue weighted by Gasteiger charge is 2.25. The first-order valence-corrected chi connectivity index (χ1v) is 7.21. The van der Waals surface area contributed by atoms with Crippen molar-refractivity contribution < 1.29 is 8.42 Å². The Labute approximate surface area is 108 Å². The van der Waals surface area contributed by atoms with Gasteiger partial charge in [0.25, 0.3) is 0 Å². The molecule has 0 saturated carbocycles. The molecular formula is C12H17N3O2S. The van der Waals surface area contributed by atoms with Gasteiger partial charge in [0, 0.05) is 18.8 Å². The summed E-state index contributed by atoms with van der Waals surface area (Å²) in [6.45, 7) is 4.50. The van der Waals surface area contributed by atoms with Crippen LogP contribution in [-0.4, -0.2) is 25.8 Å². The molecule has 0 unspecified atom stereocenters. The maximum atomic E-state index is 12.4. The highest BCUT2D eigenvalue weighted by molar-refractivity contribution is 7.89. The fourth-order valence-corrected chi connectivity index (χ4v) is 3.36. The van der Waals surface area contributed by atoms with Gasteiger partial charge in [-0.3, -0.25) is 0 Å². The Hall–Kier alpha value is -1.58. The van der Waals surface area contributed by atoms with E-state index < -0.39 is 10.0 Å². The van der Waals surface area contributed by atoms with Crippen molar-refractivity contribution in [2.75, 3.05) is 18.8 Å². The maximum absolute atomic E-state index is 12.4. The molecule has 0 radical (unpaired) electrons. The van der Waals surface area contributed by atoms with Crippen molar-refractivity contribution in [1.82, 2.24) is 4.31 Å². The molecule has 0 atom stereocenters. The van der Waals surface area contributed by atoms with Crippen LogP contribution < -0.4 is 5.73 Å². The Bertz CT molecular complexity index is 561. The Morgan fingerprint density at radius 1 is 1.39 bits per heavy atom. The van der Waals surface area contributed by atoms with Gasteiger partial charge >= 0.3 is 0 Å². The Balaban J connectivity index is 3.32. The zero-order chi connectivity index (χ0) is 13.8. The van der Waals surface area contributed by atoms with Gasteiger partial charge in [-0.2, -0.15) is 9.57 Å². The molecule has 0 aliphatic carbocycles. The van der Waals surface area contributed by atoms with Crippen molar-refractivity contribution in [3.05, 3.63) is 23.8 Å². The summed E-state index contributed by atoms with van der Waals surface area (Å²) in [5, 5.41) is 9.00. The standard InChI is InChI=1S/C12H17N3O2S/c1-3-7-15(4-2)18(16,17)12-6-5-11(14)8-10(12)9-13/h5-6,8H,3-4,7,14H2,1-2H3. The number of anilines is 1. The van der Waals surface area contributed by atoms with Gasteiger partial charge in [0.1, 0.15) is 11.0 Å². The molecule has 1 aromatic carbocycles. The molecule has 0 aliphatic heterocycles. The van der Waals surface area contributed by atoms with E-state index in [4.69, 9.17) is 11.0 Å². The molecule has 1 aromatic rings. The van der Waals surface area contributed by atoms with Crippen molar-refractivity contribution in [3.8, 4) is 6.07 Å². The second kappa shape index (κ2) is 5.85. The van der Waals surface area contributed by atoms with E-state index >= 15 is 0 Å². The van der Waals surface area contributed by atoms with Crippen LogP contribution in [0.2, 0.25) is 0 Å². The van der Waals surface area contributed by atoms with E-state index in [0.29, 0.717) is 18.8 Å². The van der Waals surface area contributed by atoms with E-state index in [0.717, 1.165) is 6.42 Å². The Kier molecular flexibility index (Phi) is 4.70. The topological polar surface area (TPSA) is 87.2 Å². The number of nitrogens with zero attached hydrogens (tertiary/aromatic N) is 2. The minimum Gasteiger partial charge on any atom is -0.399 e. The number of nitrogens with two attached hydrogens (primary N) is 1. The van der Waals surface area contributed by atoms with Crippen LogP contribution in [-0.2, 0) is 10.0 Å². The molecule has 0 saturated heterocycles. The van der Waals surface area contributed by atoms with Gasteiger partial charge in [0.05, 0.1) is 5.56 Å². The highest BCUT2D eigenvalue weighted by atomic mass is 32.2. The Morgan fingerprint density at radius 3 is 2.56 bits per heavy atom. The molecule has 0 amide bonds. The monoisotopic (exact) mass is 267 g/mol. The van der Waals surface area contributed by atoms with Gasteiger partial charge in [-0.1, -0.05) is 13.8 Å². The lowest BCUT2D eigenvalue weighted by Gasteiger charge is -2.20. The molecule has 18 heavy (non-hydrogen) atoms. The molecule has 98 valence electrons. The summed E-state index contributed by atoms with van der Waals surface area (Å²) in [4.78, 5) is 0.0227. The summed E-state index contributed by atoms with van der Waals surface area (Å²) in [5.74, 6) is 0. The number of rotatable bonds is 5. The summed E-state index contributed by atoms with van der Waals surface area (Å²) in [7, 11) is -3.62. The van der Waals surface area contributed by atoms with Crippen LogP contribution in [0, 0.1) is 11.3 Å². The van der Waals surface area contributed by atoms with Gasteiger partial charge in [-0.15, -0.1) is 0 Å². The predicted molar refractivity (Wildman–Crippen MR) is 70.3 cm³/mol. The lowest BCUT2D eigenvalue weighted by Crippen LogP contribution is -2.32. The van der Waals surface area contributed by atoms with E-state index in [2.05, 4.69) is 0 Å². The summed E-state index contributed by atoms with van der Waals surface area (Å²) in [5.41, 5.74) is 6.02. The van der Waals surface area contributed by atoms with Gasteiger partial charge in [0.2, 0.25) is 10.0 Å². The van der Waals surface area contributed by atoms with Crippen LogP contribution in [0.4, 0.5) is 5.69 Å². The lowest BCUT2D eigenvalue weighted by molar-refractivity contribution is 0.427. The fourth-order valence-electron chi connectivity index (χ4n) is 1.70. The molecular weight excluding hydrogens is 250 g/mol. The lowest BCUT2D eigenvalue weighted by atomic mass is 10.2. The zero-order valence-electron chi connectivity index (χ0n) is 10.5. The van der Waals surface area contributed by atoms with Crippen LogP contribution in [0.15, 0.2) is 23.1 Å². The van der Waals surface area contributed by atoms with Crippen LogP contribution in [0.3, 0.4) is 0 Å². The molecule has 2 N–H and O–H groups in total. The van der Waals surface area contributed by atoms with Gasteiger partial charge < -0.3 is 5.73 Å². The van der Waals surface area contributed by atoms with Crippen molar-refractivity contribution in [2.45, 2.75) is 25.2 Å². The molecule has 0 bridgehead atoms. The molecule has 5 nitrogen and oxygen atoms in total.